The zero-order valence-corrected chi connectivity index (χ0v) is 26.2. The second kappa shape index (κ2) is 14.2. The van der Waals surface area contributed by atoms with E-state index in [1.54, 1.807) is 15.9 Å². The summed E-state index contributed by atoms with van der Waals surface area (Å²) in [5.41, 5.74) is -1.09. The number of nitrogens with zero attached hydrogens (tertiary/aromatic N) is 2. The molecule has 8 heteroatoms. The molecule has 1 spiro atoms. The first-order valence-corrected chi connectivity index (χ1v) is 16.1. The van der Waals surface area contributed by atoms with Gasteiger partial charge in [0, 0.05) is 12.6 Å². The lowest BCUT2D eigenvalue weighted by molar-refractivity contribution is -0.164. The molecule has 3 saturated heterocycles. The number of aliphatic hydroxyl groups is 1. The first-order valence-electron chi connectivity index (χ1n) is 16.1. The van der Waals surface area contributed by atoms with E-state index in [9.17, 15) is 19.5 Å². The quantitative estimate of drug-likeness (QED) is 0.157. The number of carbonyl (C=O) groups is 3. The van der Waals surface area contributed by atoms with Crippen LogP contribution in [0.5, 0.6) is 0 Å². The summed E-state index contributed by atoms with van der Waals surface area (Å²) in [7, 11) is 0. The maximum absolute atomic E-state index is 14.7. The Morgan fingerprint density at radius 1 is 1.19 bits per heavy atom. The number of rotatable bonds is 17. The van der Waals surface area contributed by atoms with E-state index in [-0.39, 0.29) is 31.1 Å². The highest BCUT2D eigenvalue weighted by Crippen LogP contribution is 2.65. The number of hydrogen-bond acceptors (Lipinski definition) is 6. The first kappa shape index (κ1) is 32.9. The number of ether oxygens (including phenoxy) is 2. The van der Waals surface area contributed by atoms with Crippen LogP contribution in [-0.2, 0) is 30.3 Å². The summed E-state index contributed by atoms with van der Waals surface area (Å²) in [6.45, 7) is 14.0. The fraction of sp³-hybridized carbons (Fsp3) is 0.629. The van der Waals surface area contributed by atoms with Gasteiger partial charge in [0.25, 0.3) is 0 Å². The minimum Gasteiger partial charge on any atom is -0.465 e. The van der Waals surface area contributed by atoms with Crippen LogP contribution >= 0.6 is 0 Å². The predicted molar refractivity (Wildman–Crippen MR) is 166 cm³/mol. The van der Waals surface area contributed by atoms with Crippen LogP contribution in [0, 0.1) is 11.8 Å². The van der Waals surface area contributed by atoms with Gasteiger partial charge in [-0.1, -0.05) is 62.8 Å². The summed E-state index contributed by atoms with van der Waals surface area (Å²) in [5, 5.41) is 10.7. The molecule has 0 radical (unpaired) electrons. The summed E-state index contributed by atoms with van der Waals surface area (Å²) in [6, 6.07) is 7.94. The molecular formula is C35H50N2O6. The van der Waals surface area contributed by atoms with Crippen molar-refractivity contribution in [3.63, 3.8) is 0 Å². The van der Waals surface area contributed by atoms with Gasteiger partial charge in [0.1, 0.15) is 17.6 Å². The van der Waals surface area contributed by atoms with Gasteiger partial charge in [-0.2, -0.15) is 0 Å². The summed E-state index contributed by atoms with van der Waals surface area (Å²) >= 11 is 0. The maximum Gasteiger partial charge on any atom is 0.312 e. The number of benzene rings is 1. The van der Waals surface area contributed by atoms with Gasteiger partial charge >= 0.3 is 5.97 Å². The molecule has 43 heavy (non-hydrogen) atoms. The fourth-order valence-corrected chi connectivity index (χ4v) is 7.83. The molecule has 8 nitrogen and oxygen atoms in total. The van der Waals surface area contributed by atoms with Crippen LogP contribution in [0.25, 0.3) is 0 Å². The van der Waals surface area contributed by atoms with Gasteiger partial charge in [-0.3, -0.25) is 14.4 Å². The Morgan fingerprint density at radius 2 is 1.93 bits per heavy atom. The second-order valence-electron chi connectivity index (χ2n) is 12.5. The zero-order chi connectivity index (χ0) is 31.2. The smallest absolute Gasteiger partial charge is 0.312 e. The number of fused-ring (bicyclic) bond motifs is 1. The molecule has 0 aliphatic carbocycles. The van der Waals surface area contributed by atoms with Crippen molar-refractivity contribution in [1.29, 1.82) is 0 Å². The van der Waals surface area contributed by atoms with Gasteiger partial charge in [0.05, 0.1) is 30.8 Å². The Bertz CT molecular complexity index is 1160. The minimum atomic E-state index is -1.17. The van der Waals surface area contributed by atoms with Crippen LogP contribution in [0.2, 0.25) is 0 Å². The number of hydrogen-bond donors (Lipinski definition) is 1. The van der Waals surface area contributed by atoms with Gasteiger partial charge < -0.3 is 24.4 Å². The Balaban J connectivity index is 1.77. The molecule has 236 valence electrons. The van der Waals surface area contributed by atoms with Gasteiger partial charge in [0.2, 0.25) is 11.8 Å². The predicted octanol–water partition coefficient (Wildman–Crippen LogP) is 4.85. The van der Waals surface area contributed by atoms with E-state index in [2.05, 4.69) is 20.1 Å². The maximum atomic E-state index is 14.7. The normalized spacial score (nSPS) is 28.8. The summed E-state index contributed by atoms with van der Waals surface area (Å²) < 4.78 is 12.7. The number of allylic oxidation sites excluding steroid dienone is 1. The lowest BCUT2D eigenvalue weighted by Gasteiger charge is -2.41. The van der Waals surface area contributed by atoms with Crippen LogP contribution in [0.15, 0.2) is 55.6 Å². The average molecular weight is 595 g/mol. The Morgan fingerprint density at radius 3 is 2.56 bits per heavy atom. The molecular weight excluding hydrogens is 544 g/mol. The van der Waals surface area contributed by atoms with Crippen molar-refractivity contribution in [2.75, 3.05) is 19.8 Å². The number of aliphatic hydroxyl groups excluding tert-OH is 1. The molecule has 3 heterocycles. The fourth-order valence-electron chi connectivity index (χ4n) is 7.83. The SMILES string of the molecule is C=CCCCCOC(=O)[C@H]1[C@H]2C(=O)N([C@@H](CO)Cc3ccccc3)C(C(=O)N(CC=C)C(C)CCC)C23CC[C@]1(CC)O3. The van der Waals surface area contributed by atoms with Crippen LogP contribution in [0.4, 0.5) is 0 Å². The van der Waals surface area contributed by atoms with Crippen molar-refractivity contribution in [1.82, 2.24) is 9.80 Å². The third-order valence-corrected chi connectivity index (χ3v) is 9.92. The van der Waals surface area contributed by atoms with Gasteiger partial charge in [-0.15, -0.1) is 13.2 Å². The topological polar surface area (TPSA) is 96.4 Å². The number of carbonyl (C=O) groups excluding carboxylic acids is 3. The standard InChI is InChI=1S/C35H50N2O6/c1-6-10-11-15-22-42-33(41)29-28-31(39)37(27(24-38)23-26-17-13-12-14-18-26)30(35(28)20-19-34(29,9-4)43-35)32(40)36(21-8-3)25(5)16-7-2/h6,8,12-14,17-18,25,27-30,38H,1,3,7,9-11,15-16,19-24H2,2,4-5H3/t25?,27-,28+,29-,30?,34+,35?/m1/s1. The number of unbranched alkanes of at least 4 members (excludes halogenated alkanes) is 2. The molecule has 2 amide bonds. The van der Waals surface area contributed by atoms with Crippen LogP contribution in [-0.4, -0.2) is 81.8 Å². The van der Waals surface area contributed by atoms with Crippen LogP contribution in [0.3, 0.4) is 0 Å². The van der Waals surface area contributed by atoms with Gasteiger partial charge in [-0.05, 0) is 63.9 Å². The monoisotopic (exact) mass is 594 g/mol. The molecule has 3 fully saturated rings. The van der Waals surface area contributed by atoms with Crippen molar-refractivity contribution < 1.29 is 29.0 Å². The molecule has 4 rings (SSSR count). The highest BCUT2D eigenvalue weighted by Gasteiger charge is 2.79. The van der Waals surface area contributed by atoms with Crippen molar-refractivity contribution in [2.24, 2.45) is 11.8 Å². The lowest BCUT2D eigenvalue weighted by atomic mass is 9.65. The third kappa shape index (κ3) is 6.05. The van der Waals surface area contributed by atoms with E-state index in [4.69, 9.17) is 9.47 Å². The Kier molecular flexibility index (Phi) is 10.9. The van der Waals surface area contributed by atoms with Crippen molar-refractivity contribution in [3.8, 4) is 0 Å². The first-order chi connectivity index (χ1) is 20.7. The highest BCUT2D eigenvalue weighted by atomic mass is 16.6. The minimum absolute atomic E-state index is 0.0836. The summed E-state index contributed by atoms with van der Waals surface area (Å²) in [5.74, 6) is -2.62. The average Bonchev–Trinajstić information content (AvgIpc) is 3.62. The van der Waals surface area contributed by atoms with E-state index in [0.717, 1.165) is 31.2 Å². The molecule has 1 N–H and O–H groups in total. The number of esters is 1. The largest absolute Gasteiger partial charge is 0.465 e. The highest BCUT2D eigenvalue weighted by molar-refractivity contribution is 5.99. The molecule has 3 aliphatic heterocycles. The molecule has 2 bridgehead atoms. The van der Waals surface area contributed by atoms with Crippen molar-refractivity contribution in [2.45, 2.75) is 108 Å². The van der Waals surface area contributed by atoms with E-state index in [1.165, 1.54) is 0 Å². The Labute approximate surface area is 257 Å². The second-order valence-corrected chi connectivity index (χ2v) is 12.5. The van der Waals surface area contributed by atoms with Crippen LogP contribution in [0.1, 0.15) is 77.7 Å². The van der Waals surface area contributed by atoms with E-state index in [1.807, 2.05) is 50.3 Å². The molecule has 0 saturated carbocycles. The summed E-state index contributed by atoms with van der Waals surface area (Å²) in [4.78, 5) is 46.6. The molecule has 7 atom stereocenters. The number of amides is 2. The Hall–Kier alpha value is -2.97. The molecule has 3 aliphatic rings. The molecule has 3 unspecified atom stereocenters. The van der Waals surface area contributed by atoms with Gasteiger partial charge in [0.15, 0.2) is 0 Å². The van der Waals surface area contributed by atoms with Crippen molar-refractivity contribution >= 4 is 17.8 Å². The molecule has 1 aromatic rings. The van der Waals surface area contributed by atoms with Crippen LogP contribution < -0.4 is 0 Å². The zero-order valence-electron chi connectivity index (χ0n) is 26.2. The van der Waals surface area contributed by atoms with E-state index < -0.39 is 41.1 Å². The van der Waals surface area contributed by atoms with Gasteiger partial charge in [-0.25, -0.2) is 0 Å². The third-order valence-electron chi connectivity index (χ3n) is 9.92. The van der Waals surface area contributed by atoms with E-state index in [0.29, 0.717) is 38.6 Å². The van der Waals surface area contributed by atoms with Crippen molar-refractivity contribution in [3.05, 3.63) is 61.2 Å². The summed E-state index contributed by atoms with van der Waals surface area (Å²) in [6.07, 6.45) is 9.61. The molecule has 0 aromatic heterocycles. The number of likely N-dealkylation sites (tertiary alicyclic amines) is 1. The lowest BCUT2D eigenvalue weighted by Crippen LogP contribution is -2.60. The van der Waals surface area contributed by atoms with E-state index >= 15 is 0 Å². The molecule has 1 aromatic carbocycles.